The van der Waals surface area contributed by atoms with Crippen molar-refractivity contribution in [1.29, 1.82) is 0 Å². The molecule has 112 valence electrons. The third kappa shape index (κ3) is 3.94. The zero-order valence-electron chi connectivity index (χ0n) is 13.1. The van der Waals surface area contributed by atoms with Gasteiger partial charge < -0.3 is 10.6 Å². The number of hydrogen-bond donors (Lipinski definition) is 2. The van der Waals surface area contributed by atoms with Crippen LogP contribution in [0.1, 0.15) is 32.2 Å². The molecule has 2 rings (SSSR count). The minimum Gasteiger partial charge on any atom is -0.373 e. The molecule has 0 aliphatic carbocycles. The summed E-state index contributed by atoms with van der Waals surface area (Å²) in [4.78, 5) is 9.16. The Morgan fingerprint density at radius 2 is 1.71 bits per heavy atom. The second-order valence-corrected chi connectivity index (χ2v) is 6.92. The first kappa shape index (κ1) is 15.8. The molecule has 1 aromatic heterocycles. The molecule has 2 aromatic rings. The smallest absolute Gasteiger partial charge is 0.138 e. The Kier molecular flexibility index (Phi) is 4.52. The summed E-state index contributed by atoms with van der Waals surface area (Å²) in [5.74, 6) is 2.39. The highest BCUT2D eigenvalue weighted by Crippen LogP contribution is 2.28. The molecule has 4 nitrogen and oxygen atoms in total. The number of aromatic nitrogens is 2. The molecule has 0 radical (unpaired) electrons. The highest BCUT2D eigenvalue weighted by Gasteiger charge is 2.19. The standard InChI is InChI=1S/C16H21BrN4/c1-10-6-7-12(11(17)8-10)19-14-9-13(18-5)20-15(21-14)16(2,3)4/h6-9H,1-5H3,(H2,18,19,20,21). The lowest BCUT2D eigenvalue weighted by molar-refractivity contribution is 0.547. The summed E-state index contributed by atoms with van der Waals surface area (Å²) in [6, 6.07) is 8.09. The van der Waals surface area contributed by atoms with Crippen LogP contribution in [0.5, 0.6) is 0 Å². The SMILES string of the molecule is CNc1cc(Nc2ccc(C)cc2Br)nc(C(C)(C)C)n1. The molecule has 0 saturated carbocycles. The number of nitrogens with zero attached hydrogens (tertiary/aromatic N) is 2. The van der Waals surface area contributed by atoms with Crippen molar-refractivity contribution in [3.63, 3.8) is 0 Å². The molecule has 0 spiro atoms. The summed E-state index contributed by atoms with van der Waals surface area (Å²) in [6.07, 6.45) is 0. The van der Waals surface area contributed by atoms with Crippen LogP contribution in [-0.4, -0.2) is 17.0 Å². The monoisotopic (exact) mass is 348 g/mol. The molecule has 5 heteroatoms. The summed E-state index contributed by atoms with van der Waals surface area (Å²) in [6.45, 7) is 8.38. The highest BCUT2D eigenvalue weighted by molar-refractivity contribution is 9.10. The Bertz CT molecular complexity index is 647. The second-order valence-electron chi connectivity index (χ2n) is 6.07. The van der Waals surface area contributed by atoms with E-state index in [1.807, 2.05) is 19.2 Å². The van der Waals surface area contributed by atoms with Gasteiger partial charge in [-0.3, -0.25) is 0 Å². The van der Waals surface area contributed by atoms with E-state index in [1.54, 1.807) is 0 Å². The Labute approximate surface area is 134 Å². The zero-order valence-corrected chi connectivity index (χ0v) is 14.7. The number of benzene rings is 1. The van der Waals surface area contributed by atoms with Crippen LogP contribution in [0.25, 0.3) is 0 Å². The van der Waals surface area contributed by atoms with Crippen LogP contribution >= 0.6 is 15.9 Å². The highest BCUT2D eigenvalue weighted by atomic mass is 79.9. The maximum absolute atomic E-state index is 4.63. The van der Waals surface area contributed by atoms with E-state index in [0.717, 1.165) is 27.6 Å². The maximum atomic E-state index is 4.63. The minimum absolute atomic E-state index is 0.103. The van der Waals surface area contributed by atoms with Crippen LogP contribution in [0.3, 0.4) is 0 Å². The molecule has 0 aliphatic rings. The van der Waals surface area contributed by atoms with Gasteiger partial charge in [0, 0.05) is 23.0 Å². The van der Waals surface area contributed by atoms with Crippen LogP contribution in [-0.2, 0) is 5.41 Å². The van der Waals surface area contributed by atoms with Gasteiger partial charge in [-0.2, -0.15) is 0 Å². The first-order chi connectivity index (χ1) is 9.79. The molecule has 0 unspecified atom stereocenters. The van der Waals surface area contributed by atoms with Crippen LogP contribution in [0.15, 0.2) is 28.7 Å². The number of hydrogen-bond acceptors (Lipinski definition) is 4. The second kappa shape index (κ2) is 6.02. The predicted octanol–water partition coefficient (Wildman–Crippen LogP) is 4.63. The molecule has 2 N–H and O–H groups in total. The molecule has 1 aromatic carbocycles. The molecule has 21 heavy (non-hydrogen) atoms. The van der Waals surface area contributed by atoms with Gasteiger partial charge in [-0.25, -0.2) is 9.97 Å². The van der Waals surface area contributed by atoms with E-state index >= 15 is 0 Å². The van der Waals surface area contributed by atoms with E-state index in [2.05, 4.69) is 76.4 Å². The Balaban J connectivity index is 2.39. The van der Waals surface area contributed by atoms with Gasteiger partial charge in [-0.15, -0.1) is 0 Å². The summed E-state index contributed by atoms with van der Waals surface area (Å²) in [7, 11) is 1.86. The predicted molar refractivity (Wildman–Crippen MR) is 92.4 cm³/mol. The molecule has 0 bridgehead atoms. The van der Waals surface area contributed by atoms with Crippen molar-refractivity contribution in [2.45, 2.75) is 33.1 Å². The van der Waals surface area contributed by atoms with Gasteiger partial charge in [0.05, 0.1) is 5.69 Å². The van der Waals surface area contributed by atoms with E-state index in [4.69, 9.17) is 0 Å². The average Bonchev–Trinajstić information content (AvgIpc) is 2.40. The van der Waals surface area contributed by atoms with Gasteiger partial charge in [-0.1, -0.05) is 26.8 Å². The quantitative estimate of drug-likeness (QED) is 0.848. The Morgan fingerprint density at radius 3 is 2.29 bits per heavy atom. The van der Waals surface area contributed by atoms with E-state index in [0.29, 0.717) is 0 Å². The van der Waals surface area contributed by atoms with Gasteiger partial charge in [-0.05, 0) is 40.5 Å². The van der Waals surface area contributed by atoms with Crippen molar-refractivity contribution in [2.24, 2.45) is 0 Å². The van der Waals surface area contributed by atoms with Crippen molar-refractivity contribution in [3.8, 4) is 0 Å². The molecular weight excluding hydrogens is 328 g/mol. The molecule has 0 fully saturated rings. The van der Waals surface area contributed by atoms with Crippen LogP contribution in [0.4, 0.5) is 17.3 Å². The fraction of sp³-hybridized carbons (Fsp3) is 0.375. The van der Waals surface area contributed by atoms with Gasteiger partial charge in [0.25, 0.3) is 0 Å². The summed E-state index contributed by atoms with van der Waals surface area (Å²) < 4.78 is 1.02. The lowest BCUT2D eigenvalue weighted by Crippen LogP contribution is -2.17. The zero-order chi connectivity index (χ0) is 15.6. The van der Waals surface area contributed by atoms with Gasteiger partial charge in [0.15, 0.2) is 0 Å². The van der Waals surface area contributed by atoms with E-state index in [-0.39, 0.29) is 5.41 Å². The summed E-state index contributed by atoms with van der Waals surface area (Å²) >= 11 is 3.58. The van der Waals surface area contributed by atoms with Gasteiger partial charge in [0.2, 0.25) is 0 Å². The fourth-order valence-electron chi connectivity index (χ4n) is 1.83. The molecule has 1 heterocycles. The third-order valence-corrected chi connectivity index (χ3v) is 3.70. The van der Waals surface area contributed by atoms with Crippen molar-refractivity contribution < 1.29 is 0 Å². The first-order valence-electron chi connectivity index (χ1n) is 6.90. The number of nitrogens with one attached hydrogen (secondary N) is 2. The first-order valence-corrected chi connectivity index (χ1v) is 7.69. The third-order valence-electron chi connectivity index (χ3n) is 3.04. The van der Waals surface area contributed by atoms with Gasteiger partial charge in [0.1, 0.15) is 17.5 Å². The molecular formula is C16H21BrN4. The van der Waals surface area contributed by atoms with Crippen molar-refractivity contribution in [3.05, 3.63) is 40.1 Å². The lowest BCUT2D eigenvalue weighted by Gasteiger charge is -2.19. The summed E-state index contributed by atoms with van der Waals surface area (Å²) in [5.41, 5.74) is 2.09. The molecule has 0 atom stereocenters. The number of aryl methyl sites for hydroxylation is 1. The van der Waals surface area contributed by atoms with Crippen LogP contribution < -0.4 is 10.6 Å². The van der Waals surface area contributed by atoms with E-state index in [9.17, 15) is 0 Å². The maximum Gasteiger partial charge on any atom is 0.138 e. The van der Waals surface area contributed by atoms with E-state index in [1.165, 1.54) is 5.56 Å². The van der Waals surface area contributed by atoms with Crippen molar-refractivity contribution in [1.82, 2.24) is 9.97 Å². The topological polar surface area (TPSA) is 49.8 Å². The average molecular weight is 349 g/mol. The van der Waals surface area contributed by atoms with E-state index < -0.39 is 0 Å². The largest absolute Gasteiger partial charge is 0.373 e. The Hall–Kier alpha value is -1.62. The van der Waals surface area contributed by atoms with Crippen molar-refractivity contribution in [2.75, 3.05) is 17.7 Å². The van der Waals surface area contributed by atoms with Gasteiger partial charge >= 0.3 is 0 Å². The number of halogens is 1. The van der Waals surface area contributed by atoms with Crippen LogP contribution in [0, 0.1) is 6.92 Å². The normalized spacial score (nSPS) is 11.3. The molecule has 0 saturated heterocycles. The lowest BCUT2D eigenvalue weighted by atomic mass is 9.96. The minimum atomic E-state index is -0.103. The number of rotatable bonds is 3. The van der Waals surface area contributed by atoms with Crippen molar-refractivity contribution >= 4 is 33.3 Å². The summed E-state index contributed by atoms with van der Waals surface area (Å²) in [5, 5.41) is 6.44. The molecule has 0 amide bonds. The number of anilines is 3. The molecule has 0 aliphatic heterocycles. The fourth-order valence-corrected chi connectivity index (χ4v) is 2.43. The van der Waals surface area contributed by atoms with Crippen LogP contribution in [0.2, 0.25) is 0 Å². The Morgan fingerprint density at radius 1 is 1.05 bits per heavy atom.